The van der Waals surface area contributed by atoms with E-state index in [1.54, 1.807) is 38.2 Å². The summed E-state index contributed by atoms with van der Waals surface area (Å²) in [6.45, 7) is 5.44. The van der Waals surface area contributed by atoms with Crippen LogP contribution in [0.25, 0.3) is 0 Å². The molecule has 6 nitrogen and oxygen atoms in total. The van der Waals surface area contributed by atoms with Gasteiger partial charge in [-0.3, -0.25) is 4.79 Å². The zero-order valence-electron chi connectivity index (χ0n) is 14.2. The van der Waals surface area contributed by atoms with Crippen LogP contribution in [-0.2, 0) is 14.8 Å². The summed E-state index contributed by atoms with van der Waals surface area (Å²) >= 11 is 3.27. The first-order valence-electron chi connectivity index (χ1n) is 7.70. The molecule has 0 radical (unpaired) electrons. The zero-order chi connectivity index (χ0) is 18.6. The van der Waals surface area contributed by atoms with E-state index in [0.717, 1.165) is 10.0 Å². The molecule has 0 spiro atoms. The van der Waals surface area contributed by atoms with Crippen molar-refractivity contribution >= 4 is 37.7 Å². The number of sulfonamides is 1. The predicted octanol–water partition coefficient (Wildman–Crippen LogP) is 3.09. The Morgan fingerprint density at radius 2 is 1.76 bits per heavy atom. The van der Waals surface area contributed by atoms with Crippen LogP contribution in [0.5, 0.6) is 0 Å². The smallest absolute Gasteiger partial charge is 0.243 e. The predicted molar refractivity (Wildman–Crippen MR) is 101 cm³/mol. The number of carbonyl (C=O) groups is 1. The van der Waals surface area contributed by atoms with Crippen molar-refractivity contribution in [1.82, 2.24) is 9.71 Å². The fourth-order valence-electron chi connectivity index (χ4n) is 2.09. The van der Waals surface area contributed by atoms with Crippen LogP contribution in [-0.4, -0.2) is 25.4 Å². The molecule has 1 aromatic carbocycles. The van der Waals surface area contributed by atoms with Crippen molar-refractivity contribution in [2.45, 2.75) is 31.7 Å². The summed E-state index contributed by atoms with van der Waals surface area (Å²) in [5, 5.41) is 2.65. The lowest BCUT2D eigenvalue weighted by molar-refractivity contribution is -0.118. The van der Waals surface area contributed by atoms with E-state index in [1.165, 1.54) is 12.1 Å². The van der Waals surface area contributed by atoms with Gasteiger partial charge in [0, 0.05) is 10.7 Å². The Morgan fingerprint density at radius 1 is 1.12 bits per heavy atom. The Labute approximate surface area is 156 Å². The number of nitrogens with zero attached hydrogens (tertiary/aromatic N) is 1. The second kappa shape index (κ2) is 8.07. The van der Waals surface area contributed by atoms with Crippen molar-refractivity contribution < 1.29 is 13.2 Å². The van der Waals surface area contributed by atoms with Gasteiger partial charge in [0.2, 0.25) is 15.9 Å². The Bertz CT molecular complexity index is 834. The molecular weight excluding hydrogens is 406 g/mol. The Balaban J connectivity index is 2.18. The van der Waals surface area contributed by atoms with Gasteiger partial charge >= 0.3 is 0 Å². The van der Waals surface area contributed by atoms with Gasteiger partial charge in [-0.05, 0) is 48.7 Å². The number of pyridine rings is 1. The van der Waals surface area contributed by atoms with E-state index < -0.39 is 22.0 Å². The number of amides is 1. The molecule has 0 aliphatic rings. The average molecular weight is 426 g/mol. The first-order valence-corrected chi connectivity index (χ1v) is 9.98. The normalized spacial score (nSPS) is 12.8. The van der Waals surface area contributed by atoms with Gasteiger partial charge in [0.05, 0.1) is 4.90 Å². The summed E-state index contributed by atoms with van der Waals surface area (Å²) in [7, 11) is -3.82. The highest BCUT2D eigenvalue weighted by Gasteiger charge is 2.28. The Morgan fingerprint density at radius 3 is 2.28 bits per heavy atom. The van der Waals surface area contributed by atoms with Crippen LogP contribution in [0.15, 0.2) is 52.0 Å². The van der Waals surface area contributed by atoms with E-state index in [9.17, 15) is 13.2 Å². The minimum atomic E-state index is -3.82. The average Bonchev–Trinajstić information content (AvgIpc) is 2.55. The number of carbonyl (C=O) groups excluding carboxylic acids is 1. The maximum Gasteiger partial charge on any atom is 0.243 e. The lowest BCUT2D eigenvalue weighted by Gasteiger charge is -2.21. The number of benzene rings is 1. The van der Waals surface area contributed by atoms with E-state index in [0.29, 0.717) is 5.82 Å². The molecule has 134 valence electrons. The SMILES string of the molecule is Cc1ccc(NC(=O)[C@@H](NS(=O)(=O)c2ccc(Br)cc2)C(C)C)nc1. The maximum atomic E-state index is 12.5. The first-order chi connectivity index (χ1) is 11.7. The van der Waals surface area contributed by atoms with Crippen molar-refractivity contribution in [2.24, 2.45) is 5.92 Å². The molecule has 0 saturated heterocycles. The Hall–Kier alpha value is -1.77. The minimum absolute atomic E-state index is 0.0996. The van der Waals surface area contributed by atoms with Gasteiger partial charge < -0.3 is 5.32 Å². The first kappa shape index (κ1) is 19.6. The molecule has 1 atom stereocenters. The fraction of sp³-hybridized carbons (Fsp3) is 0.294. The molecule has 25 heavy (non-hydrogen) atoms. The van der Waals surface area contributed by atoms with Gasteiger partial charge in [-0.2, -0.15) is 4.72 Å². The summed E-state index contributed by atoms with van der Waals surface area (Å²) in [6.07, 6.45) is 1.63. The topological polar surface area (TPSA) is 88.2 Å². The second-order valence-electron chi connectivity index (χ2n) is 6.01. The van der Waals surface area contributed by atoms with E-state index in [4.69, 9.17) is 0 Å². The summed E-state index contributed by atoms with van der Waals surface area (Å²) in [5.41, 5.74) is 0.967. The third kappa shape index (κ3) is 5.35. The van der Waals surface area contributed by atoms with Gasteiger partial charge in [-0.15, -0.1) is 0 Å². The molecule has 2 N–H and O–H groups in total. The number of hydrogen-bond acceptors (Lipinski definition) is 4. The van der Waals surface area contributed by atoms with Crippen LogP contribution in [0.1, 0.15) is 19.4 Å². The van der Waals surface area contributed by atoms with E-state index in [2.05, 4.69) is 31.0 Å². The molecule has 0 unspecified atom stereocenters. The van der Waals surface area contributed by atoms with Crippen molar-refractivity contribution in [3.63, 3.8) is 0 Å². The largest absolute Gasteiger partial charge is 0.309 e. The van der Waals surface area contributed by atoms with Crippen molar-refractivity contribution in [1.29, 1.82) is 0 Å². The van der Waals surface area contributed by atoms with Crippen LogP contribution in [0, 0.1) is 12.8 Å². The van der Waals surface area contributed by atoms with Crippen LogP contribution in [0.2, 0.25) is 0 Å². The number of nitrogens with one attached hydrogen (secondary N) is 2. The number of hydrogen-bond donors (Lipinski definition) is 2. The van der Waals surface area contributed by atoms with E-state index in [-0.39, 0.29) is 10.8 Å². The summed E-state index contributed by atoms with van der Waals surface area (Å²) < 4.78 is 28.3. The standard InChI is InChI=1S/C17H20BrN3O3S/c1-11(2)16(17(22)20-15-9-4-12(3)10-19-15)21-25(23,24)14-7-5-13(18)6-8-14/h4-11,16,21H,1-3H3,(H,19,20,22)/t16-/m0/s1. The van der Waals surface area contributed by atoms with Gasteiger partial charge in [-0.25, -0.2) is 13.4 Å². The molecule has 0 saturated carbocycles. The molecule has 1 amide bonds. The van der Waals surface area contributed by atoms with Crippen LogP contribution >= 0.6 is 15.9 Å². The van der Waals surface area contributed by atoms with Gasteiger partial charge in [0.25, 0.3) is 0 Å². The summed E-state index contributed by atoms with van der Waals surface area (Å²) in [6, 6.07) is 8.79. The van der Waals surface area contributed by atoms with Crippen LogP contribution in [0.3, 0.4) is 0 Å². The third-order valence-electron chi connectivity index (χ3n) is 3.52. The second-order valence-corrected chi connectivity index (χ2v) is 8.64. The quantitative estimate of drug-likeness (QED) is 0.743. The monoisotopic (exact) mass is 425 g/mol. The molecule has 0 aliphatic carbocycles. The molecule has 2 aromatic rings. The summed E-state index contributed by atoms with van der Waals surface area (Å²) in [5.74, 6) is -0.313. The zero-order valence-corrected chi connectivity index (χ0v) is 16.6. The molecule has 2 rings (SSSR count). The third-order valence-corrected chi connectivity index (χ3v) is 5.50. The van der Waals surface area contributed by atoms with Crippen molar-refractivity contribution in [2.75, 3.05) is 5.32 Å². The number of aryl methyl sites for hydroxylation is 1. The van der Waals surface area contributed by atoms with Crippen LogP contribution < -0.4 is 10.0 Å². The lowest BCUT2D eigenvalue weighted by Crippen LogP contribution is -2.47. The summed E-state index contributed by atoms with van der Waals surface area (Å²) in [4.78, 5) is 16.7. The highest BCUT2D eigenvalue weighted by atomic mass is 79.9. The number of rotatable bonds is 6. The molecule has 0 aliphatic heterocycles. The molecule has 1 aromatic heterocycles. The van der Waals surface area contributed by atoms with Gasteiger partial charge in [-0.1, -0.05) is 35.8 Å². The fourth-order valence-corrected chi connectivity index (χ4v) is 3.70. The minimum Gasteiger partial charge on any atom is -0.309 e. The molecule has 0 bridgehead atoms. The van der Waals surface area contributed by atoms with Gasteiger partial charge in [0.15, 0.2) is 0 Å². The lowest BCUT2D eigenvalue weighted by atomic mass is 10.1. The number of aromatic nitrogens is 1. The van der Waals surface area contributed by atoms with Crippen molar-refractivity contribution in [3.8, 4) is 0 Å². The number of anilines is 1. The Kier molecular flexibility index (Phi) is 6.31. The molecule has 0 fully saturated rings. The number of halogens is 1. The maximum absolute atomic E-state index is 12.5. The molecule has 1 heterocycles. The molecule has 8 heteroatoms. The van der Waals surface area contributed by atoms with E-state index >= 15 is 0 Å². The van der Waals surface area contributed by atoms with Crippen molar-refractivity contribution in [3.05, 3.63) is 52.6 Å². The van der Waals surface area contributed by atoms with Gasteiger partial charge in [0.1, 0.15) is 11.9 Å². The molecular formula is C17H20BrN3O3S. The highest BCUT2D eigenvalue weighted by Crippen LogP contribution is 2.16. The van der Waals surface area contributed by atoms with Crippen LogP contribution in [0.4, 0.5) is 5.82 Å². The van der Waals surface area contributed by atoms with E-state index in [1.807, 2.05) is 13.0 Å². The highest BCUT2D eigenvalue weighted by molar-refractivity contribution is 9.10.